The Labute approximate surface area is 115 Å². The maximum Gasteiger partial charge on any atom is 0.0822 e. The second-order valence-corrected chi connectivity index (χ2v) is 5.93. The number of thiophene rings is 2. The fourth-order valence-corrected chi connectivity index (χ4v) is 4.46. The van der Waals surface area contributed by atoms with Gasteiger partial charge in [-0.1, -0.05) is 5.92 Å². The molecule has 0 saturated heterocycles. The van der Waals surface area contributed by atoms with E-state index >= 15 is 0 Å². The molecular formula is C16H8S2. The van der Waals surface area contributed by atoms with Crippen LogP contribution in [0.1, 0.15) is 18.1 Å². The van der Waals surface area contributed by atoms with Crippen molar-refractivity contribution in [2.24, 2.45) is 0 Å². The number of terminal acetylenes is 1. The van der Waals surface area contributed by atoms with Crippen molar-refractivity contribution in [3.8, 4) is 45.8 Å². The third-order valence-corrected chi connectivity index (χ3v) is 5.12. The minimum Gasteiger partial charge on any atom is -0.143 e. The van der Waals surface area contributed by atoms with Gasteiger partial charge in [-0.2, -0.15) is 0 Å². The van der Waals surface area contributed by atoms with Crippen molar-refractivity contribution in [1.82, 2.24) is 0 Å². The third-order valence-electron chi connectivity index (χ3n) is 3.12. The Morgan fingerprint density at radius 3 is 2.17 bits per heavy atom. The Morgan fingerprint density at radius 1 is 1.00 bits per heavy atom. The number of hydrogen-bond donors (Lipinski definition) is 0. The van der Waals surface area contributed by atoms with Crippen molar-refractivity contribution in [1.29, 1.82) is 0 Å². The van der Waals surface area contributed by atoms with Crippen LogP contribution in [0, 0.1) is 36.0 Å². The standard InChI is InChI=1S/C16H8S2/c1-3-4-5-6-9-16(2)12-7-10-17-14(12)15-13(16)8-11-18-15/h1,7-8,10-11H,2H3. The van der Waals surface area contributed by atoms with Gasteiger partial charge >= 0.3 is 0 Å². The zero-order valence-electron chi connectivity index (χ0n) is 9.70. The lowest BCUT2D eigenvalue weighted by atomic mass is 9.82. The van der Waals surface area contributed by atoms with Crippen LogP contribution in [0.25, 0.3) is 9.75 Å². The second-order valence-electron chi connectivity index (χ2n) is 4.10. The molecule has 0 nitrogen and oxygen atoms in total. The molecule has 0 atom stereocenters. The highest BCUT2D eigenvalue weighted by atomic mass is 32.1. The Balaban J connectivity index is 2.19. The summed E-state index contributed by atoms with van der Waals surface area (Å²) < 4.78 is 0. The first-order valence-corrected chi connectivity index (χ1v) is 7.17. The second kappa shape index (κ2) is 4.08. The fraction of sp³-hybridized carbons (Fsp3) is 0.125. The molecule has 18 heavy (non-hydrogen) atoms. The van der Waals surface area contributed by atoms with Gasteiger partial charge in [0.15, 0.2) is 0 Å². The van der Waals surface area contributed by atoms with Crippen LogP contribution in [0.15, 0.2) is 22.9 Å². The van der Waals surface area contributed by atoms with E-state index in [1.165, 1.54) is 20.9 Å². The van der Waals surface area contributed by atoms with Crippen LogP contribution in [0.3, 0.4) is 0 Å². The van der Waals surface area contributed by atoms with Gasteiger partial charge in [0.2, 0.25) is 0 Å². The predicted octanol–water partition coefficient (Wildman–Crippen LogP) is 3.74. The minimum absolute atomic E-state index is 0.242. The van der Waals surface area contributed by atoms with Gasteiger partial charge in [0.05, 0.1) is 5.41 Å². The average Bonchev–Trinajstić information content (AvgIpc) is 3.03. The molecule has 0 aromatic carbocycles. The summed E-state index contributed by atoms with van der Waals surface area (Å²) >= 11 is 3.56. The van der Waals surface area contributed by atoms with Crippen molar-refractivity contribution in [2.75, 3.05) is 0 Å². The molecule has 1 aliphatic carbocycles. The maximum absolute atomic E-state index is 5.09. The van der Waals surface area contributed by atoms with E-state index in [-0.39, 0.29) is 5.41 Å². The van der Waals surface area contributed by atoms with E-state index in [0.29, 0.717) is 0 Å². The molecule has 3 rings (SSSR count). The van der Waals surface area contributed by atoms with E-state index in [9.17, 15) is 0 Å². The number of rotatable bonds is 0. The Hall–Kier alpha value is -1.92. The van der Waals surface area contributed by atoms with Gasteiger partial charge in [-0.05, 0) is 64.6 Å². The van der Waals surface area contributed by atoms with Gasteiger partial charge in [-0.15, -0.1) is 29.1 Å². The molecule has 2 aromatic rings. The van der Waals surface area contributed by atoms with E-state index in [1.807, 2.05) is 0 Å². The van der Waals surface area contributed by atoms with Gasteiger partial charge in [-0.3, -0.25) is 0 Å². The van der Waals surface area contributed by atoms with Crippen LogP contribution < -0.4 is 0 Å². The summed E-state index contributed by atoms with van der Waals surface area (Å²) in [6.45, 7) is 2.15. The Bertz CT molecular complexity index is 732. The molecule has 0 N–H and O–H groups in total. The molecule has 2 aromatic heterocycles. The highest BCUT2D eigenvalue weighted by Gasteiger charge is 2.39. The molecule has 0 aliphatic heterocycles. The summed E-state index contributed by atoms with van der Waals surface area (Å²) in [5.41, 5.74) is 2.35. The summed E-state index contributed by atoms with van der Waals surface area (Å²) in [5.74, 6) is 13.7. The van der Waals surface area contributed by atoms with Crippen molar-refractivity contribution in [3.63, 3.8) is 0 Å². The Kier molecular flexibility index (Phi) is 2.53. The number of hydrogen-bond acceptors (Lipinski definition) is 2. The summed E-state index contributed by atoms with van der Waals surface area (Å²) in [6.07, 6.45) is 5.09. The first kappa shape index (κ1) is 11.2. The van der Waals surface area contributed by atoms with E-state index in [2.05, 4.69) is 59.4 Å². The van der Waals surface area contributed by atoms with Crippen molar-refractivity contribution >= 4 is 22.7 Å². The fourth-order valence-electron chi connectivity index (χ4n) is 2.26. The lowest BCUT2D eigenvalue weighted by Gasteiger charge is -2.17. The molecule has 0 amide bonds. The zero-order chi connectivity index (χ0) is 12.6. The molecule has 0 bridgehead atoms. The summed E-state index contributed by atoms with van der Waals surface area (Å²) in [5, 5.41) is 4.25. The van der Waals surface area contributed by atoms with Crippen LogP contribution in [-0.2, 0) is 5.41 Å². The maximum atomic E-state index is 5.09. The van der Waals surface area contributed by atoms with Gasteiger partial charge in [0.1, 0.15) is 0 Å². The molecule has 0 fully saturated rings. The van der Waals surface area contributed by atoms with E-state index in [0.717, 1.165) is 0 Å². The average molecular weight is 264 g/mol. The summed E-state index contributed by atoms with van der Waals surface area (Å²) in [6, 6.07) is 4.33. The summed E-state index contributed by atoms with van der Waals surface area (Å²) in [4.78, 5) is 2.70. The Morgan fingerprint density at radius 2 is 1.61 bits per heavy atom. The molecule has 0 unspecified atom stereocenters. The first-order valence-electron chi connectivity index (χ1n) is 5.41. The van der Waals surface area contributed by atoms with Crippen LogP contribution >= 0.6 is 22.7 Å². The smallest absolute Gasteiger partial charge is 0.0822 e. The number of fused-ring (bicyclic) bond motifs is 3. The van der Waals surface area contributed by atoms with Crippen LogP contribution in [0.5, 0.6) is 0 Å². The van der Waals surface area contributed by atoms with Crippen LogP contribution in [0.2, 0.25) is 0 Å². The van der Waals surface area contributed by atoms with E-state index in [4.69, 9.17) is 6.42 Å². The minimum atomic E-state index is -0.242. The lowest BCUT2D eigenvalue weighted by molar-refractivity contribution is 0.783. The van der Waals surface area contributed by atoms with Crippen molar-refractivity contribution in [3.05, 3.63) is 34.0 Å². The van der Waals surface area contributed by atoms with E-state index < -0.39 is 0 Å². The SMILES string of the molecule is C#CC#CC#CC1(C)c2ccsc2-c2sccc21. The predicted molar refractivity (Wildman–Crippen MR) is 78.5 cm³/mol. The first-order chi connectivity index (χ1) is 8.77. The zero-order valence-corrected chi connectivity index (χ0v) is 11.3. The van der Waals surface area contributed by atoms with Gasteiger partial charge < -0.3 is 0 Å². The van der Waals surface area contributed by atoms with Crippen molar-refractivity contribution in [2.45, 2.75) is 12.3 Å². The van der Waals surface area contributed by atoms with Gasteiger partial charge in [0.25, 0.3) is 0 Å². The monoisotopic (exact) mass is 264 g/mol. The van der Waals surface area contributed by atoms with Crippen LogP contribution in [0.4, 0.5) is 0 Å². The van der Waals surface area contributed by atoms with E-state index in [1.54, 1.807) is 22.7 Å². The third kappa shape index (κ3) is 1.43. The molecular weight excluding hydrogens is 256 g/mol. The molecule has 1 aliphatic rings. The highest BCUT2D eigenvalue weighted by molar-refractivity contribution is 7.21. The molecule has 0 spiro atoms. The van der Waals surface area contributed by atoms with Gasteiger partial charge in [-0.25, -0.2) is 0 Å². The largest absolute Gasteiger partial charge is 0.143 e. The molecule has 84 valence electrons. The normalized spacial score (nSPS) is 13.3. The lowest BCUT2D eigenvalue weighted by Crippen LogP contribution is -2.16. The molecule has 0 radical (unpaired) electrons. The quantitative estimate of drug-likeness (QED) is 0.636. The van der Waals surface area contributed by atoms with Gasteiger partial charge in [0, 0.05) is 9.75 Å². The topological polar surface area (TPSA) is 0 Å². The molecule has 2 heterocycles. The summed E-state index contributed by atoms with van der Waals surface area (Å²) in [7, 11) is 0. The molecule has 0 saturated carbocycles. The molecule has 2 heteroatoms. The van der Waals surface area contributed by atoms with Crippen molar-refractivity contribution < 1.29 is 0 Å². The highest BCUT2D eigenvalue weighted by Crippen LogP contribution is 2.53. The van der Waals surface area contributed by atoms with Crippen LogP contribution in [-0.4, -0.2) is 0 Å².